The summed E-state index contributed by atoms with van der Waals surface area (Å²) >= 11 is 0. The Labute approximate surface area is 137 Å². The Balaban J connectivity index is 2.07. The van der Waals surface area contributed by atoms with Crippen LogP contribution in [0.1, 0.15) is 63.0 Å². The SMILES string of the molecule is CCOC(=O)c1cnc(NN=C2C[C@@H](C)CC(C)(C)C2)nc1C. The maximum Gasteiger partial charge on any atom is 0.341 e. The quantitative estimate of drug-likeness (QED) is 0.678. The normalized spacial score (nSPS) is 22.0. The number of carbonyl (C=O) groups is 1. The van der Waals surface area contributed by atoms with Crippen LogP contribution in [0.3, 0.4) is 0 Å². The molecule has 1 aliphatic rings. The highest BCUT2D eigenvalue weighted by atomic mass is 16.5. The Hall–Kier alpha value is -1.98. The molecule has 2 rings (SSSR count). The summed E-state index contributed by atoms with van der Waals surface area (Å²) in [5, 5.41) is 4.48. The molecule has 1 fully saturated rings. The molecule has 0 unspecified atom stereocenters. The van der Waals surface area contributed by atoms with Crippen LogP contribution in [0.4, 0.5) is 5.95 Å². The van der Waals surface area contributed by atoms with Crippen LogP contribution in [0.25, 0.3) is 0 Å². The van der Waals surface area contributed by atoms with Gasteiger partial charge in [0, 0.05) is 11.9 Å². The summed E-state index contributed by atoms with van der Waals surface area (Å²) < 4.78 is 4.97. The minimum Gasteiger partial charge on any atom is -0.462 e. The van der Waals surface area contributed by atoms with E-state index in [4.69, 9.17) is 4.74 Å². The number of ether oxygens (including phenoxy) is 1. The van der Waals surface area contributed by atoms with Crippen LogP contribution in [0.5, 0.6) is 0 Å². The second kappa shape index (κ2) is 7.06. The fourth-order valence-corrected chi connectivity index (χ4v) is 3.26. The van der Waals surface area contributed by atoms with Crippen molar-refractivity contribution in [2.45, 2.75) is 53.9 Å². The standard InChI is InChI=1S/C17H26N4O2/c1-6-23-15(22)14-10-18-16(19-12(14)3)21-20-13-7-11(2)8-17(4,5)9-13/h10-11H,6-9H2,1-5H3,(H,18,19,21)/t11-/m1/s1. The molecule has 0 spiro atoms. The summed E-state index contributed by atoms with van der Waals surface area (Å²) in [6.07, 6.45) is 4.67. The molecule has 0 radical (unpaired) electrons. The molecule has 1 N–H and O–H groups in total. The third-order valence-electron chi connectivity index (χ3n) is 3.96. The molecule has 0 amide bonds. The van der Waals surface area contributed by atoms with E-state index in [-0.39, 0.29) is 5.41 Å². The summed E-state index contributed by atoms with van der Waals surface area (Å²) in [5.74, 6) is 0.637. The molecule has 6 nitrogen and oxygen atoms in total. The molecule has 6 heteroatoms. The van der Waals surface area contributed by atoms with Gasteiger partial charge < -0.3 is 4.74 Å². The highest BCUT2D eigenvalue weighted by Gasteiger charge is 2.29. The average Bonchev–Trinajstić information content (AvgIpc) is 2.43. The number of hydrazone groups is 1. The summed E-state index contributed by atoms with van der Waals surface area (Å²) in [5.41, 5.74) is 5.32. The number of carbonyl (C=O) groups excluding carboxylic acids is 1. The Morgan fingerprint density at radius 2 is 2.26 bits per heavy atom. The number of rotatable bonds is 4. The van der Waals surface area contributed by atoms with Crippen LogP contribution in [0.2, 0.25) is 0 Å². The topological polar surface area (TPSA) is 76.5 Å². The molecule has 0 aromatic carbocycles. The van der Waals surface area contributed by atoms with Crippen LogP contribution < -0.4 is 5.43 Å². The summed E-state index contributed by atoms with van der Waals surface area (Å²) in [7, 11) is 0. The lowest BCUT2D eigenvalue weighted by Crippen LogP contribution is -2.28. The van der Waals surface area contributed by atoms with Gasteiger partial charge in [0.1, 0.15) is 0 Å². The van der Waals surface area contributed by atoms with E-state index < -0.39 is 5.97 Å². The third kappa shape index (κ3) is 4.74. The molecule has 0 aliphatic heterocycles. The maximum absolute atomic E-state index is 11.7. The van der Waals surface area contributed by atoms with Gasteiger partial charge in [-0.2, -0.15) is 5.10 Å². The van der Waals surface area contributed by atoms with E-state index in [0.29, 0.717) is 29.7 Å². The molecule has 1 aromatic heterocycles. The first-order chi connectivity index (χ1) is 10.8. The number of nitrogens with zero attached hydrogens (tertiary/aromatic N) is 3. The Kier molecular flexibility index (Phi) is 5.34. The lowest BCUT2D eigenvalue weighted by atomic mass is 9.72. The van der Waals surface area contributed by atoms with Gasteiger partial charge in [-0.15, -0.1) is 0 Å². The van der Waals surface area contributed by atoms with E-state index in [1.165, 1.54) is 12.6 Å². The number of esters is 1. The maximum atomic E-state index is 11.7. The van der Waals surface area contributed by atoms with Gasteiger partial charge in [-0.3, -0.25) is 0 Å². The van der Waals surface area contributed by atoms with E-state index >= 15 is 0 Å². The van der Waals surface area contributed by atoms with Crippen molar-refractivity contribution in [1.29, 1.82) is 0 Å². The van der Waals surface area contributed by atoms with E-state index in [0.717, 1.165) is 18.6 Å². The molecule has 126 valence electrons. The largest absolute Gasteiger partial charge is 0.462 e. The molecular weight excluding hydrogens is 292 g/mol. The van der Waals surface area contributed by atoms with Crippen LogP contribution >= 0.6 is 0 Å². The Morgan fingerprint density at radius 3 is 2.87 bits per heavy atom. The smallest absolute Gasteiger partial charge is 0.341 e. The number of aromatic nitrogens is 2. The zero-order valence-corrected chi connectivity index (χ0v) is 14.6. The van der Waals surface area contributed by atoms with Gasteiger partial charge in [0.25, 0.3) is 0 Å². The number of aryl methyl sites for hydroxylation is 1. The third-order valence-corrected chi connectivity index (χ3v) is 3.96. The number of hydrogen-bond donors (Lipinski definition) is 1. The predicted molar refractivity (Wildman–Crippen MR) is 90.6 cm³/mol. The fraction of sp³-hybridized carbons (Fsp3) is 0.647. The van der Waals surface area contributed by atoms with Crippen molar-refractivity contribution in [2.24, 2.45) is 16.4 Å². The van der Waals surface area contributed by atoms with Crippen molar-refractivity contribution < 1.29 is 9.53 Å². The second-order valence-electron chi connectivity index (χ2n) is 7.06. The molecule has 0 saturated heterocycles. The predicted octanol–water partition coefficient (Wildman–Crippen LogP) is 3.58. The average molecular weight is 318 g/mol. The van der Waals surface area contributed by atoms with E-state index in [1.54, 1.807) is 13.8 Å². The van der Waals surface area contributed by atoms with Crippen LogP contribution in [-0.4, -0.2) is 28.3 Å². The summed E-state index contributed by atoms with van der Waals surface area (Å²) in [6.45, 7) is 10.7. The highest BCUT2D eigenvalue weighted by Crippen LogP contribution is 2.36. The number of anilines is 1. The van der Waals surface area contributed by atoms with Gasteiger partial charge in [-0.05, 0) is 44.4 Å². The van der Waals surface area contributed by atoms with Crippen LogP contribution in [0.15, 0.2) is 11.3 Å². The van der Waals surface area contributed by atoms with Gasteiger partial charge in [-0.1, -0.05) is 20.8 Å². The van der Waals surface area contributed by atoms with Gasteiger partial charge in [0.2, 0.25) is 5.95 Å². The van der Waals surface area contributed by atoms with E-state index in [1.807, 2.05) is 0 Å². The first-order valence-corrected chi connectivity index (χ1v) is 8.13. The molecule has 0 bridgehead atoms. The van der Waals surface area contributed by atoms with Gasteiger partial charge in [0.05, 0.1) is 17.9 Å². The van der Waals surface area contributed by atoms with E-state index in [2.05, 4.69) is 41.3 Å². The van der Waals surface area contributed by atoms with E-state index in [9.17, 15) is 4.79 Å². The lowest BCUT2D eigenvalue weighted by molar-refractivity contribution is 0.0524. The number of nitrogens with one attached hydrogen (secondary N) is 1. The van der Waals surface area contributed by atoms with Gasteiger partial charge >= 0.3 is 5.97 Å². The monoisotopic (exact) mass is 318 g/mol. The highest BCUT2D eigenvalue weighted by molar-refractivity contribution is 5.90. The van der Waals surface area contributed by atoms with Gasteiger partial charge in [-0.25, -0.2) is 20.2 Å². The zero-order chi connectivity index (χ0) is 17.0. The first kappa shape index (κ1) is 17.4. The number of hydrogen-bond acceptors (Lipinski definition) is 6. The minimum atomic E-state index is -0.397. The van der Waals surface area contributed by atoms with Crippen LogP contribution in [-0.2, 0) is 4.74 Å². The van der Waals surface area contributed by atoms with Crippen LogP contribution in [0, 0.1) is 18.3 Å². The van der Waals surface area contributed by atoms with Crippen molar-refractivity contribution in [3.63, 3.8) is 0 Å². The lowest BCUT2D eigenvalue weighted by Gasteiger charge is -2.34. The second-order valence-corrected chi connectivity index (χ2v) is 7.06. The zero-order valence-electron chi connectivity index (χ0n) is 14.6. The Bertz CT molecular complexity index is 611. The van der Waals surface area contributed by atoms with Crippen molar-refractivity contribution in [2.75, 3.05) is 12.0 Å². The van der Waals surface area contributed by atoms with Crippen molar-refractivity contribution in [3.8, 4) is 0 Å². The molecule has 1 heterocycles. The van der Waals surface area contributed by atoms with Crippen molar-refractivity contribution in [1.82, 2.24) is 9.97 Å². The summed E-state index contributed by atoms with van der Waals surface area (Å²) in [6, 6.07) is 0. The fourth-order valence-electron chi connectivity index (χ4n) is 3.26. The Morgan fingerprint density at radius 1 is 1.52 bits per heavy atom. The van der Waals surface area contributed by atoms with Crippen molar-refractivity contribution >= 4 is 17.6 Å². The van der Waals surface area contributed by atoms with Crippen molar-refractivity contribution in [3.05, 3.63) is 17.5 Å². The molecule has 1 atom stereocenters. The molecule has 1 aromatic rings. The molecule has 1 saturated carbocycles. The molecular formula is C17H26N4O2. The van der Waals surface area contributed by atoms with Gasteiger partial charge in [0.15, 0.2) is 0 Å². The summed E-state index contributed by atoms with van der Waals surface area (Å²) in [4.78, 5) is 20.2. The molecule has 1 aliphatic carbocycles. The minimum absolute atomic E-state index is 0.280. The first-order valence-electron chi connectivity index (χ1n) is 8.13. The molecule has 23 heavy (non-hydrogen) atoms.